The summed E-state index contributed by atoms with van der Waals surface area (Å²) in [6.07, 6.45) is 2.54. The number of carbonyl (C=O) groups is 1. The Kier molecular flexibility index (Phi) is 4.11. The Labute approximate surface area is 162 Å². The average molecular weight is 377 g/mol. The van der Waals surface area contributed by atoms with Crippen LogP contribution in [0.4, 0.5) is 4.39 Å². The Balaban J connectivity index is 1.29. The van der Waals surface area contributed by atoms with Crippen LogP contribution in [0, 0.1) is 11.7 Å². The number of aromatic nitrogens is 2. The van der Waals surface area contributed by atoms with E-state index >= 15 is 0 Å². The fraction of sp³-hybridized carbons (Fsp3) is 0.273. The molecule has 0 saturated heterocycles. The smallest absolute Gasteiger partial charge is 0.230 e. The van der Waals surface area contributed by atoms with Crippen molar-refractivity contribution in [2.75, 3.05) is 6.61 Å². The van der Waals surface area contributed by atoms with Gasteiger partial charge in [-0.05, 0) is 35.7 Å². The Morgan fingerprint density at radius 2 is 1.93 bits per heavy atom. The molecule has 6 heteroatoms. The van der Waals surface area contributed by atoms with Gasteiger partial charge >= 0.3 is 0 Å². The number of fused-ring (bicyclic) bond motifs is 2. The van der Waals surface area contributed by atoms with E-state index in [0.29, 0.717) is 32.7 Å². The van der Waals surface area contributed by atoms with Crippen LogP contribution in [-0.4, -0.2) is 27.2 Å². The number of rotatable bonds is 3. The second-order valence-electron chi connectivity index (χ2n) is 7.41. The molecule has 3 heterocycles. The molecule has 5 nitrogen and oxygen atoms in total. The molecular weight excluding hydrogens is 357 g/mol. The number of benzene rings is 2. The lowest BCUT2D eigenvalue weighted by Gasteiger charge is -2.28. The van der Waals surface area contributed by atoms with Gasteiger partial charge < -0.3 is 9.64 Å². The fourth-order valence-corrected chi connectivity index (χ4v) is 4.01. The van der Waals surface area contributed by atoms with Gasteiger partial charge in [0.25, 0.3) is 0 Å². The Hall–Kier alpha value is -3.15. The minimum absolute atomic E-state index is 0.124. The number of para-hydroxylation sites is 1. The van der Waals surface area contributed by atoms with Gasteiger partial charge in [-0.25, -0.2) is 4.39 Å². The fourth-order valence-electron chi connectivity index (χ4n) is 4.01. The van der Waals surface area contributed by atoms with Crippen LogP contribution in [0.1, 0.15) is 22.4 Å². The first-order chi connectivity index (χ1) is 13.7. The highest BCUT2D eigenvalue weighted by Crippen LogP contribution is 2.30. The van der Waals surface area contributed by atoms with E-state index in [9.17, 15) is 9.18 Å². The summed E-state index contributed by atoms with van der Waals surface area (Å²) in [6.45, 7) is 2.12. The third-order valence-electron chi connectivity index (χ3n) is 5.52. The molecule has 1 unspecified atom stereocenters. The molecule has 5 rings (SSSR count). The Morgan fingerprint density at radius 1 is 1.11 bits per heavy atom. The normalized spacial score (nSPS) is 17.8. The van der Waals surface area contributed by atoms with Gasteiger partial charge in [-0.3, -0.25) is 9.48 Å². The van der Waals surface area contributed by atoms with Crippen molar-refractivity contribution in [3.05, 3.63) is 82.9 Å². The van der Waals surface area contributed by atoms with E-state index in [2.05, 4.69) is 5.10 Å². The van der Waals surface area contributed by atoms with Gasteiger partial charge in [0.2, 0.25) is 5.91 Å². The van der Waals surface area contributed by atoms with Crippen molar-refractivity contribution in [1.82, 2.24) is 14.7 Å². The summed E-state index contributed by atoms with van der Waals surface area (Å²) in [5.74, 6) is 0.602. The van der Waals surface area contributed by atoms with Crippen molar-refractivity contribution in [2.45, 2.75) is 26.1 Å². The molecular formula is C22H20FN3O2. The number of carbonyl (C=O) groups excluding carboxylic acids is 1. The van der Waals surface area contributed by atoms with E-state index in [0.717, 1.165) is 28.1 Å². The second-order valence-corrected chi connectivity index (χ2v) is 7.41. The van der Waals surface area contributed by atoms with E-state index in [1.54, 1.807) is 12.1 Å². The van der Waals surface area contributed by atoms with Crippen molar-refractivity contribution >= 4 is 5.91 Å². The lowest BCUT2D eigenvalue weighted by molar-refractivity contribution is -0.137. The Morgan fingerprint density at radius 3 is 2.79 bits per heavy atom. The van der Waals surface area contributed by atoms with E-state index in [1.807, 2.05) is 40.0 Å². The van der Waals surface area contributed by atoms with Gasteiger partial charge in [-0.15, -0.1) is 0 Å². The molecule has 2 aliphatic rings. The minimum Gasteiger partial charge on any atom is -0.492 e. The van der Waals surface area contributed by atoms with Crippen LogP contribution in [0.3, 0.4) is 0 Å². The van der Waals surface area contributed by atoms with Crippen molar-refractivity contribution in [1.29, 1.82) is 0 Å². The van der Waals surface area contributed by atoms with Crippen molar-refractivity contribution in [3.8, 4) is 5.75 Å². The van der Waals surface area contributed by atoms with Gasteiger partial charge in [-0.1, -0.05) is 30.3 Å². The standard InChI is InChI=1S/C22H20FN3O2/c23-19-7-5-15(6-8-19)11-26-20-13-25(12-18(20)10-24-26)22(27)17-9-16-3-1-2-4-21(16)28-14-17/h1-8,10,17H,9,11-14H2. The highest BCUT2D eigenvalue weighted by Gasteiger charge is 2.34. The van der Waals surface area contributed by atoms with Crippen LogP contribution >= 0.6 is 0 Å². The van der Waals surface area contributed by atoms with Crippen LogP contribution in [0.25, 0.3) is 0 Å². The quantitative estimate of drug-likeness (QED) is 0.704. The summed E-state index contributed by atoms with van der Waals surface area (Å²) in [6, 6.07) is 14.3. The topological polar surface area (TPSA) is 47.4 Å². The largest absolute Gasteiger partial charge is 0.492 e. The molecule has 142 valence electrons. The van der Waals surface area contributed by atoms with E-state index in [1.165, 1.54) is 12.1 Å². The van der Waals surface area contributed by atoms with Gasteiger partial charge in [-0.2, -0.15) is 5.10 Å². The monoisotopic (exact) mass is 377 g/mol. The van der Waals surface area contributed by atoms with Crippen molar-refractivity contribution < 1.29 is 13.9 Å². The molecule has 0 bridgehead atoms. The first-order valence-corrected chi connectivity index (χ1v) is 9.45. The van der Waals surface area contributed by atoms with Crippen LogP contribution < -0.4 is 4.74 Å². The molecule has 0 aliphatic carbocycles. The summed E-state index contributed by atoms with van der Waals surface area (Å²) in [5.41, 5.74) is 4.20. The zero-order chi connectivity index (χ0) is 19.1. The third kappa shape index (κ3) is 3.05. The number of amides is 1. The Bertz CT molecular complexity index is 1030. The number of hydrogen-bond donors (Lipinski definition) is 0. The highest BCUT2D eigenvalue weighted by molar-refractivity contribution is 5.80. The van der Waals surface area contributed by atoms with Crippen LogP contribution in [-0.2, 0) is 30.8 Å². The maximum absolute atomic E-state index is 13.1. The molecule has 3 aromatic rings. The summed E-state index contributed by atoms with van der Waals surface area (Å²) in [5, 5.41) is 4.45. The van der Waals surface area contributed by atoms with E-state index in [-0.39, 0.29) is 17.6 Å². The number of nitrogens with zero attached hydrogens (tertiary/aromatic N) is 3. The first kappa shape index (κ1) is 17.0. The van der Waals surface area contributed by atoms with Crippen LogP contribution in [0.15, 0.2) is 54.7 Å². The molecule has 1 aromatic heterocycles. The van der Waals surface area contributed by atoms with E-state index in [4.69, 9.17) is 4.74 Å². The van der Waals surface area contributed by atoms with Crippen molar-refractivity contribution in [3.63, 3.8) is 0 Å². The maximum atomic E-state index is 13.1. The molecule has 2 aromatic carbocycles. The average Bonchev–Trinajstić information content (AvgIpc) is 3.31. The third-order valence-corrected chi connectivity index (χ3v) is 5.52. The molecule has 0 N–H and O–H groups in total. The molecule has 1 amide bonds. The van der Waals surface area contributed by atoms with Gasteiger partial charge in [0.15, 0.2) is 0 Å². The van der Waals surface area contributed by atoms with Crippen molar-refractivity contribution in [2.24, 2.45) is 5.92 Å². The predicted molar refractivity (Wildman–Crippen MR) is 101 cm³/mol. The number of ether oxygens (including phenoxy) is 1. The molecule has 0 spiro atoms. The lowest BCUT2D eigenvalue weighted by Crippen LogP contribution is -2.38. The molecule has 1 atom stereocenters. The summed E-state index contributed by atoms with van der Waals surface area (Å²) in [7, 11) is 0. The van der Waals surface area contributed by atoms with Crippen LogP contribution in [0.5, 0.6) is 5.75 Å². The van der Waals surface area contributed by atoms with Gasteiger partial charge in [0, 0.05) is 12.1 Å². The molecule has 0 fully saturated rings. The second kappa shape index (κ2) is 6.78. The molecule has 28 heavy (non-hydrogen) atoms. The molecule has 2 aliphatic heterocycles. The predicted octanol–water partition coefficient (Wildman–Crippen LogP) is 3.16. The summed E-state index contributed by atoms with van der Waals surface area (Å²) >= 11 is 0. The zero-order valence-corrected chi connectivity index (χ0v) is 15.3. The lowest BCUT2D eigenvalue weighted by atomic mass is 9.95. The number of hydrogen-bond acceptors (Lipinski definition) is 3. The van der Waals surface area contributed by atoms with Gasteiger partial charge in [0.1, 0.15) is 18.2 Å². The SMILES string of the molecule is O=C(C1COc2ccccc2C1)N1Cc2cnn(Cc3ccc(F)cc3)c2C1. The molecule has 0 radical (unpaired) electrons. The molecule has 0 saturated carbocycles. The first-order valence-electron chi connectivity index (χ1n) is 9.45. The van der Waals surface area contributed by atoms with Crippen LogP contribution in [0.2, 0.25) is 0 Å². The summed E-state index contributed by atoms with van der Waals surface area (Å²) in [4.78, 5) is 14.9. The van der Waals surface area contributed by atoms with E-state index < -0.39 is 0 Å². The summed E-state index contributed by atoms with van der Waals surface area (Å²) < 4.78 is 20.8. The maximum Gasteiger partial charge on any atom is 0.230 e. The highest BCUT2D eigenvalue weighted by atomic mass is 19.1. The minimum atomic E-state index is -0.248. The number of halogens is 1. The zero-order valence-electron chi connectivity index (χ0n) is 15.3. The van der Waals surface area contributed by atoms with Gasteiger partial charge in [0.05, 0.1) is 30.9 Å².